The first-order valence-electron chi connectivity index (χ1n) is 12.1. The summed E-state index contributed by atoms with van der Waals surface area (Å²) in [6.07, 6.45) is 4.12. The van der Waals surface area contributed by atoms with Crippen LogP contribution in [-0.2, 0) is 10.2 Å². The van der Waals surface area contributed by atoms with Crippen LogP contribution in [0.4, 0.5) is 10.5 Å². The molecule has 3 amide bonds. The zero-order chi connectivity index (χ0) is 24.4. The molecule has 1 aromatic carbocycles. The van der Waals surface area contributed by atoms with E-state index in [4.69, 9.17) is 5.73 Å². The van der Waals surface area contributed by atoms with Crippen molar-refractivity contribution in [1.82, 2.24) is 9.80 Å². The summed E-state index contributed by atoms with van der Waals surface area (Å²) in [5.41, 5.74) is 5.16. The minimum Gasteiger partial charge on any atom is -0.387 e. The van der Waals surface area contributed by atoms with Gasteiger partial charge in [-0.1, -0.05) is 19.4 Å². The highest BCUT2D eigenvalue weighted by Gasteiger charge is 2.59. The molecule has 1 aliphatic heterocycles. The predicted molar refractivity (Wildman–Crippen MR) is 128 cm³/mol. The Bertz CT molecular complexity index is 902. The van der Waals surface area contributed by atoms with Crippen LogP contribution in [0.1, 0.15) is 70.4 Å². The third kappa shape index (κ3) is 4.68. The van der Waals surface area contributed by atoms with Crippen LogP contribution in [0.2, 0.25) is 0 Å². The van der Waals surface area contributed by atoms with Gasteiger partial charge < -0.3 is 10.8 Å². The third-order valence-corrected chi connectivity index (χ3v) is 7.89. The molecule has 1 saturated carbocycles. The second-order valence-corrected chi connectivity index (χ2v) is 9.86. The molecule has 8 heteroatoms. The lowest BCUT2D eigenvalue weighted by Crippen LogP contribution is -2.69. The number of imide groups is 1. The second kappa shape index (κ2) is 9.89. The van der Waals surface area contributed by atoms with Gasteiger partial charge in [0.25, 0.3) is 0 Å². The van der Waals surface area contributed by atoms with Gasteiger partial charge in [-0.25, -0.2) is 4.79 Å². The van der Waals surface area contributed by atoms with Gasteiger partial charge in [0.05, 0.1) is 5.60 Å². The lowest BCUT2D eigenvalue weighted by atomic mass is 9.56. The van der Waals surface area contributed by atoms with Crippen LogP contribution >= 0.6 is 0 Å². The number of rotatable bonds is 9. The van der Waals surface area contributed by atoms with Crippen LogP contribution < -0.4 is 5.73 Å². The second-order valence-electron chi connectivity index (χ2n) is 9.86. The minimum absolute atomic E-state index is 0.0644. The molecule has 3 unspecified atom stereocenters. The molecule has 3 atom stereocenters. The van der Waals surface area contributed by atoms with Crippen LogP contribution in [0, 0.1) is 17.7 Å². The molecule has 0 aromatic heterocycles. The summed E-state index contributed by atoms with van der Waals surface area (Å²) in [5, 5.41) is 15.6. The van der Waals surface area contributed by atoms with Crippen molar-refractivity contribution in [2.24, 2.45) is 16.8 Å². The highest BCUT2D eigenvalue weighted by atomic mass is 16.3. The van der Waals surface area contributed by atoms with Crippen molar-refractivity contribution in [1.29, 1.82) is 0 Å². The molecule has 182 valence electrons. The lowest BCUT2D eigenvalue weighted by Gasteiger charge is -2.58. The van der Waals surface area contributed by atoms with Gasteiger partial charge in [0, 0.05) is 31.0 Å². The number of aliphatic hydroxyl groups is 1. The Balaban J connectivity index is 2.17. The molecule has 2 fully saturated rings. The van der Waals surface area contributed by atoms with Gasteiger partial charge in [-0.3, -0.25) is 14.6 Å². The fourth-order valence-corrected chi connectivity index (χ4v) is 5.85. The van der Waals surface area contributed by atoms with E-state index in [2.05, 4.69) is 10.1 Å². The van der Waals surface area contributed by atoms with E-state index in [1.165, 1.54) is 12.8 Å². The summed E-state index contributed by atoms with van der Waals surface area (Å²) in [4.78, 5) is 40.1. The Morgan fingerprint density at radius 2 is 2.00 bits per heavy atom. The maximum absolute atomic E-state index is 13.4. The molecular formula is C25H38N4O4. The zero-order valence-electron chi connectivity index (χ0n) is 20.3. The first kappa shape index (κ1) is 25.3. The predicted octanol–water partition coefficient (Wildman–Crippen LogP) is 3.98. The van der Waals surface area contributed by atoms with E-state index in [1.54, 1.807) is 19.1 Å². The van der Waals surface area contributed by atoms with E-state index in [9.17, 15) is 19.6 Å². The molecule has 3 rings (SSSR count). The minimum atomic E-state index is -1.24. The van der Waals surface area contributed by atoms with Gasteiger partial charge in [-0.05, 0) is 87.4 Å². The van der Waals surface area contributed by atoms with Gasteiger partial charge in [-0.2, -0.15) is 0 Å². The van der Waals surface area contributed by atoms with Crippen LogP contribution in [0.25, 0.3) is 0 Å². The van der Waals surface area contributed by atoms with Gasteiger partial charge in [-0.15, -0.1) is 4.91 Å². The Kier molecular flexibility index (Phi) is 7.59. The molecule has 0 bridgehead atoms. The number of nitrogens with two attached hydrogens (primary N) is 1. The Morgan fingerprint density at radius 3 is 2.55 bits per heavy atom. The number of benzene rings is 1. The van der Waals surface area contributed by atoms with Gasteiger partial charge >= 0.3 is 6.03 Å². The summed E-state index contributed by atoms with van der Waals surface area (Å²) >= 11 is 0. The topological polar surface area (TPSA) is 116 Å². The summed E-state index contributed by atoms with van der Waals surface area (Å²) in [6.45, 7) is 9.52. The Labute approximate surface area is 196 Å². The Hall–Kier alpha value is -2.32. The summed E-state index contributed by atoms with van der Waals surface area (Å²) in [6, 6.07) is 4.18. The maximum Gasteiger partial charge on any atom is 0.321 e. The van der Waals surface area contributed by atoms with E-state index in [-0.39, 0.29) is 24.7 Å². The van der Waals surface area contributed by atoms with Crippen LogP contribution in [0.5, 0.6) is 0 Å². The van der Waals surface area contributed by atoms with Crippen LogP contribution in [0.3, 0.4) is 0 Å². The molecule has 33 heavy (non-hydrogen) atoms. The standard InChI is InChI=1S/C25H38N4O4/c1-5-11-25(32)18(4)28(16-19-8-9-19)13-12-24(25,15-22(30)29(6-2)23(26)31)21-14-20(27-33)10-7-17(21)3/h7,10,14,18-19,32H,5-6,8-9,11-13,15-16H2,1-4H3,(H2,26,31). The number of likely N-dealkylation sites (tertiary alicyclic amines) is 1. The van der Waals surface area contributed by atoms with E-state index >= 15 is 0 Å². The van der Waals surface area contributed by atoms with Crippen molar-refractivity contribution < 1.29 is 14.7 Å². The smallest absolute Gasteiger partial charge is 0.321 e. The monoisotopic (exact) mass is 458 g/mol. The molecule has 8 nitrogen and oxygen atoms in total. The van der Waals surface area contributed by atoms with Crippen molar-refractivity contribution in [3.05, 3.63) is 34.2 Å². The summed E-state index contributed by atoms with van der Waals surface area (Å²) in [7, 11) is 0. The van der Waals surface area contributed by atoms with Gasteiger partial charge in [0.2, 0.25) is 5.91 Å². The van der Waals surface area contributed by atoms with Crippen molar-refractivity contribution in [3.8, 4) is 0 Å². The van der Waals surface area contributed by atoms with E-state index in [1.807, 2.05) is 26.8 Å². The number of hydrogen-bond donors (Lipinski definition) is 2. The first-order chi connectivity index (χ1) is 15.6. The average Bonchev–Trinajstić information content (AvgIpc) is 3.59. The van der Waals surface area contributed by atoms with E-state index in [0.717, 1.165) is 35.5 Å². The van der Waals surface area contributed by atoms with Crippen LogP contribution in [0.15, 0.2) is 23.4 Å². The number of nitrogens with zero attached hydrogens (tertiary/aromatic N) is 3. The number of amides is 3. The summed E-state index contributed by atoms with van der Waals surface area (Å²) < 4.78 is 0. The van der Waals surface area contributed by atoms with Gasteiger partial charge in [0.15, 0.2) is 0 Å². The lowest BCUT2D eigenvalue weighted by molar-refractivity contribution is -0.155. The molecule has 2 aliphatic rings. The molecule has 1 aromatic rings. The number of aryl methyl sites for hydroxylation is 1. The van der Waals surface area contributed by atoms with Crippen LogP contribution in [-0.4, -0.2) is 58.1 Å². The average molecular weight is 459 g/mol. The van der Waals surface area contributed by atoms with E-state index < -0.39 is 23.0 Å². The fraction of sp³-hybridized carbons (Fsp3) is 0.680. The molecule has 3 N–H and O–H groups in total. The maximum atomic E-state index is 13.4. The Morgan fingerprint density at radius 1 is 1.30 bits per heavy atom. The summed E-state index contributed by atoms with van der Waals surface area (Å²) in [5.74, 6) is 0.258. The fourth-order valence-electron chi connectivity index (χ4n) is 5.85. The SMILES string of the molecule is CCCC1(O)C(C)N(CC2CC2)CCC1(CC(=O)N(CC)C(N)=O)c1cc(N=O)ccc1C. The third-order valence-electron chi connectivity index (χ3n) is 7.89. The number of primary amides is 1. The molecule has 0 spiro atoms. The number of hydrogen-bond acceptors (Lipinski definition) is 6. The zero-order valence-corrected chi connectivity index (χ0v) is 20.3. The largest absolute Gasteiger partial charge is 0.387 e. The first-order valence-corrected chi connectivity index (χ1v) is 12.1. The number of piperidine rings is 1. The van der Waals surface area contributed by atoms with E-state index in [0.29, 0.717) is 18.8 Å². The molecule has 1 aliphatic carbocycles. The molecule has 0 radical (unpaired) electrons. The highest BCUT2D eigenvalue weighted by molar-refractivity contribution is 5.94. The number of nitroso groups, excluding NO2 is 1. The van der Waals surface area contributed by atoms with Crippen molar-refractivity contribution >= 4 is 17.6 Å². The molecular weight excluding hydrogens is 420 g/mol. The normalized spacial score (nSPS) is 27.8. The number of urea groups is 1. The van der Waals surface area contributed by atoms with Crippen molar-refractivity contribution in [3.63, 3.8) is 0 Å². The molecule has 1 saturated heterocycles. The number of carbonyl (C=O) groups is 2. The quantitative estimate of drug-likeness (QED) is 0.543. The number of carbonyl (C=O) groups excluding carboxylic acids is 2. The molecule has 1 heterocycles. The van der Waals surface area contributed by atoms with Crippen molar-refractivity contribution in [2.45, 2.75) is 83.3 Å². The highest BCUT2D eigenvalue weighted by Crippen LogP contribution is 2.52. The van der Waals surface area contributed by atoms with Crippen molar-refractivity contribution in [2.75, 3.05) is 19.6 Å². The van der Waals surface area contributed by atoms with Gasteiger partial charge in [0.1, 0.15) is 5.69 Å².